The van der Waals surface area contributed by atoms with Crippen LogP contribution in [-0.2, 0) is 0 Å². The van der Waals surface area contributed by atoms with E-state index in [1.54, 1.807) is 30.4 Å². The minimum absolute atomic E-state index is 0.0944. The van der Waals surface area contributed by atoms with Gasteiger partial charge in [-0.3, -0.25) is 0 Å². The Hall–Kier alpha value is -2.52. The molecule has 118 valence electrons. The first-order valence-electron chi connectivity index (χ1n) is 6.41. The molecule has 1 aromatic heterocycles. The van der Waals surface area contributed by atoms with E-state index in [0.717, 1.165) is 0 Å². The second kappa shape index (κ2) is 7.16. The molecule has 23 heavy (non-hydrogen) atoms. The number of hydrogen-bond donors (Lipinski definition) is 0. The van der Waals surface area contributed by atoms with Gasteiger partial charge in [-0.25, -0.2) is 4.98 Å². The third-order valence-corrected chi connectivity index (χ3v) is 3.05. The first-order chi connectivity index (χ1) is 10.9. The van der Waals surface area contributed by atoms with Crippen molar-refractivity contribution in [3.63, 3.8) is 0 Å². The van der Waals surface area contributed by atoms with Crippen molar-refractivity contribution in [1.82, 2.24) is 4.98 Å². The van der Waals surface area contributed by atoms with Crippen LogP contribution in [0, 0.1) is 11.3 Å². The molecule has 2 rings (SSSR count). The molecular weight excluding hydrogens is 329 g/mol. The van der Waals surface area contributed by atoms with Crippen molar-refractivity contribution in [3.05, 3.63) is 58.4 Å². The number of alkyl halides is 3. The van der Waals surface area contributed by atoms with Crippen molar-refractivity contribution in [1.29, 1.82) is 5.26 Å². The van der Waals surface area contributed by atoms with Crippen molar-refractivity contribution in [2.45, 2.75) is 6.18 Å². The minimum atomic E-state index is -4.39. The lowest BCUT2D eigenvalue weighted by Gasteiger charge is -2.09. The van der Waals surface area contributed by atoms with Gasteiger partial charge in [0.2, 0.25) is 0 Å². The Balaban J connectivity index is 2.18. The Labute approximate surface area is 135 Å². The fourth-order valence-electron chi connectivity index (χ4n) is 1.76. The van der Waals surface area contributed by atoms with Crippen LogP contribution in [0.25, 0.3) is 12.2 Å². The lowest BCUT2D eigenvalue weighted by molar-refractivity contribution is -0.153. The third kappa shape index (κ3) is 5.01. The quantitative estimate of drug-likeness (QED) is 0.758. The number of nitrogens with zero attached hydrogens (tertiary/aromatic N) is 2. The van der Waals surface area contributed by atoms with Gasteiger partial charge in [-0.05, 0) is 29.3 Å². The number of ether oxygens (including phenoxy) is 1. The number of rotatable bonds is 4. The van der Waals surface area contributed by atoms with Crippen molar-refractivity contribution in [2.75, 3.05) is 6.61 Å². The van der Waals surface area contributed by atoms with E-state index < -0.39 is 12.8 Å². The first kappa shape index (κ1) is 16.8. The molecule has 1 heterocycles. The van der Waals surface area contributed by atoms with Gasteiger partial charge < -0.3 is 4.74 Å². The Kier molecular flexibility index (Phi) is 5.24. The molecule has 0 fully saturated rings. The van der Waals surface area contributed by atoms with Crippen molar-refractivity contribution in [2.24, 2.45) is 0 Å². The SMILES string of the molecule is N#Cc1c(C=Cc2cccc(OCC(F)(F)F)c2)ccnc1Cl. The molecule has 1 aromatic carbocycles. The molecule has 0 bridgehead atoms. The summed E-state index contributed by atoms with van der Waals surface area (Å²) in [5.41, 5.74) is 1.42. The monoisotopic (exact) mass is 338 g/mol. The Bertz CT molecular complexity index is 767. The number of benzene rings is 1. The van der Waals surface area contributed by atoms with Crippen LogP contribution >= 0.6 is 11.6 Å². The molecule has 0 radical (unpaired) electrons. The number of hydrogen-bond acceptors (Lipinski definition) is 3. The predicted molar refractivity (Wildman–Crippen MR) is 80.9 cm³/mol. The van der Waals surface area contributed by atoms with Crippen LogP contribution in [-0.4, -0.2) is 17.8 Å². The molecule has 0 aliphatic rings. The molecule has 0 spiro atoms. The lowest BCUT2D eigenvalue weighted by Crippen LogP contribution is -2.19. The van der Waals surface area contributed by atoms with Gasteiger partial charge in [0, 0.05) is 6.20 Å². The van der Waals surface area contributed by atoms with E-state index in [1.807, 2.05) is 6.07 Å². The molecule has 0 saturated heterocycles. The van der Waals surface area contributed by atoms with Gasteiger partial charge in [0.1, 0.15) is 17.0 Å². The molecular formula is C16H10ClF3N2O. The average Bonchev–Trinajstić information content (AvgIpc) is 2.51. The number of halogens is 4. The van der Waals surface area contributed by atoms with E-state index in [4.69, 9.17) is 16.9 Å². The molecule has 0 unspecified atom stereocenters. The first-order valence-corrected chi connectivity index (χ1v) is 6.79. The maximum atomic E-state index is 12.1. The van der Waals surface area contributed by atoms with Gasteiger partial charge in [-0.1, -0.05) is 35.9 Å². The van der Waals surface area contributed by atoms with Crippen LogP contribution in [0.5, 0.6) is 5.75 Å². The van der Waals surface area contributed by atoms with Crippen molar-refractivity contribution >= 4 is 23.8 Å². The van der Waals surface area contributed by atoms with Crippen LogP contribution in [0.1, 0.15) is 16.7 Å². The van der Waals surface area contributed by atoms with E-state index in [1.165, 1.54) is 18.3 Å². The van der Waals surface area contributed by atoms with Gasteiger partial charge in [0.15, 0.2) is 6.61 Å². The summed E-state index contributed by atoms with van der Waals surface area (Å²) in [7, 11) is 0. The summed E-state index contributed by atoms with van der Waals surface area (Å²) in [6.45, 7) is -1.35. The summed E-state index contributed by atoms with van der Waals surface area (Å²) in [5, 5.41) is 9.15. The molecule has 0 aliphatic heterocycles. The number of pyridine rings is 1. The second-order valence-corrected chi connectivity index (χ2v) is 4.85. The highest BCUT2D eigenvalue weighted by Gasteiger charge is 2.28. The fourth-order valence-corrected chi connectivity index (χ4v) is 1.97. The third-order valence-electron chi connectivity index (χ3n) is 2.76. The van der Waals surface area contributed by atoms with Gasteiger partial charge in [0.25, 0.3) is 0 Å². The summed E-state index contributed by atoms with van der Waals surface area (Å²) in [4.78, 5) is 3.81. The summed E-state index contributed by atoms with van der Waals surface area (Å²) < 4.78 is 41.1. The number of nitriles is 1. The van der Waals surface area contributed by atoms with E-state index in [9.17, 15) is 13.2 Å². The molecule has 7 heteroatoms. The topological polar surface area (TPSA) is 45.9 Å². The summed E-state index contributed by atoms with van der Waals surface area (Å²) in [6, 6.07) is 9.76. The minimum Gasteiger partial charge on any atom is -0.484 e. The number of aromatic nitrogens is 1. The van der Waals surface area contributed by atoms with Crippen molar-refractivity contribution < 1.29 is 17.9 Å². The molecule has 0 saturated carbocycles. The Morgan fingerprint density at radius 1 is 1.26 bits per heavy atom. The average molecular weight is 339 g/mol. The predicted octanol–water partition coefficient (Wildman–Crippen LogP) is 4.72. The lowest BCUT2D eigenvalue weighted by atomic mass is 10.1. The highest BCUT2D eigenvalue weighted by Crippen LogP contribution is 2.22. The van der Waals surface area contributed by atoms with E-state index >= 15 is 0 Å². The maximum absolute atomic E-state index is 12.1. The van der Waals surface area contributed by atoms with E-state index in [2.05, 4.69) is 9.72 Å². The molecule has 3 nitrogen and oxygen atoms in total. The maximum Gasteiger partial charge on any atom is 0.422 e. The molecule has 0 N–H and O–H groups in total. The second-order valence-electron chi connectivity index (χ2n) is 4.49. The van der Waals surface area contributed by atoms with Crippen LogP contribution in [0.4, 0.5) is 13.2 Å². The van der Waals surface area contributed by atoms with Gasteiger partial charge in [-0.2, -0.15) is 18.4 Å². The smallest absolute Gasteiger partial charge is 0.422 e. The zero-order valence-electron chi connectivity index (χ0n) is 11.6. The standard InChI is InChI=1S/C16H10ClF3N2O/c17-15-14(9-21)12(6-7-22-15)5-4-11-2-1-3-13(8-11)23-10-16(18,19)20/h1-8H,10H2. The summed E-state index contributed by atoms with van der Waals surface area (Å²) >= 11 is 5.83. The fraction of sp³-hybridized carbons (Fsp3) is 0.125. The molecule has 2 aromatic rings. The highest BCUT2D eigenvalue weighted by molar-refractivity contribution is 6.30. The summed E-state index contributed by atoms with van der Waals surface area (Å²) in [5.74, 6) is 0.109. The molecule has 0 atom stereocenters. The normalized spacial score (nSPS) is 11.4. The molecule has 0 amide bonds. The Morgan fingerprint density at radius 3 is 2.74 bits per heavy atom. The van der Waals surface area contributed by atoms with Gasteiger partial charge in [-0.15, -0.1) is 0 Å². The Morgan fingerprint density at radius 2 is 2.04 bits per heavy atom. The zero-order chi connectivity index (χ0) is 16.9. The van der Waals surface area contributed by atoms with Crippen LogP contribution in [0.3, 0.4) is 0 Å². The van der Waals surface area contributed by atoms with Crippen molar-refractivity contribution in [3.8, 4) is 11.8 Å². The largest absolute Gasteiger partial charge is 0.484 e. The van der Waals surface area contributed by atoms with Gasteiger partial charge >= 0.3 is 6.18 Å². The van der Waals surface area contributed by atoms with Crippen LogP contribution in [0.2, 0.25) is 5.15 Å². The van der Waals surface area contributed by atoms with E-state index in [-0.39, 0.29) is 16.5 Å². The van der Waals surface area contributed by atoms with E-state index in [0.29, 0.717) is 11.1 Å². The van der Waals surface area contributed by atoms with Gasteiger partial charge in [0.05, 0.1) is 5.56 Å². The van der Waals surface area contributed by atoms with Crippen LogP contribution in [0.15, 0.2) is 36.5 Å². The summed E-state index contributed by atoms with van der Waals surface area (Å²) in [6.07, 6.45) is 0.356. The molecule has 0 aliphatic carbocycles. The zero-order valence-corrected chi connectivity index (χ0v) is 12.4. The highest BCUT2D eigenvalue weighted by atomic mass is 35.5. The van der Waals surface area contributed by atoms with Crippen LogP contribution < -0.4 is 4.74 Å².